The van der Waals surface area contributed by atoms with Gasteiger partial charge in [0.2, 0.25) is 0 Å². The van der Waals surface area contributed by atoms with Crippen LogP contribution in [0, 0.1) is 0 Å². The molecule has 12 heavy (non-hydrogen) atoms. The molecule has 1 nitrogen and oxygen atoms in total. The van der Waals surface area contributed by atoms with Crippen molar-refractivity contribution in [2.45, 2.75) is 44.0 Å². The standard InChI is InChI=1S/C10H19ClN/c11-10-6-5-9-12(10)7-3-1-2-4-8-12/h10H,1-9H2/q+1. The van der Waals surface area contributed by atoms with Gasteiger partial charge >= 0.3 is 0 Å². The molecule has 0 aliphatic carbocycles. The van der Waals surface area contributed by atoms with E-state index in [-0.39, 0.29) is 0 Å². The van der Waals surface area contributed by atoms with Crippen LogP contribution in [0.25, 0.3) is 0 Å². The predicted molar refractivity (Wildman–Crippen MR) is 52.2 cm³/mol. The minimum absolute atomic E-state index is 0.447. The fraction of sp³-hybridized carbons (Fsp3) is 1.00. The van der Waals surface area contributed by atoms with Gasteiger partial charge < -0.3 is 4.48 Å². The Kier molecular flexibility index (Phi) is 2.61. The summed E-state index contributed by atoms with van der Waals surface area (Å²) in [6.45, 7) is 4.07. The molecule has 0 radical (unpaired) electrons. The second kappa shape index (κ2) is 3.55. The molecule has 2 fully saturated rings. The van der Waals surface area contributed by atoms with Gasteiger partial charge in [0, 0.05) is 12.8 Å². The third kappa shape index (κ3) is 1.49. The van der Waals surface area contributed by atoms with Gasteiger partial charge in [-0.25, -0.2) is 0 Å². The molecule has 2 saturated heterocycles. The summed E-state index contributed by atoms with van der Waals surface area (Å²) >= 11 is 6.39. The van der Waals surface area contributed by atoms with Crippen LogP contribution in [0.1, 0.15) is 38.5 Å². The van der Waals surface area contributed by atoms with E-state index in [1.54, 1.807) is 0 Å². The smallest absolute Gasteiger partial charge is 0.165 e. The largest absolute Gasteiger partial charge is 0.309 e. The van der Waals surface area contributed by atoms with E-state index in [1.165, 1.54) is 62.6 Å². The Morgan fingerprint density at radius 3 is 1.92 bits per heavy atom. The molecule has 0 aromatic heterocycles. The van der Waals surface area contributed by atoms with Crippen molar-refractivity contribution in [1.82, 2.24) is 0 Å². The Hall–Kier alpha value is 0.250. The monoisotopic (exact) mass is 188 g/mol. The van der Waals surface area contributed by atoms with Crippen LogP contribution in [0.2, 0.25) is 0 Å². The average molecular weight is 189 g/mol. The molecule has 0 amide bonds. The summed E-state index contributed by atoms with van der Waals surface area (Å²) in [6.07, 6.45) is 8.29. The van der Waals surface area contributed by atoms with Crippen molar-refractivity contribution in [2.75, 3.05) is 19.6 Å². The summed E-state index contributed by atoms with van der Waals surface area (Å²) in [5, 5.41) is 0. The molecule has 0 N–H and O–H groups in total. The highest BCUT2D eigenvalue weighted by atomic mass is 35.5. The van der Waals surface area contributed by atoms with Crippen LogP contribution in [0.4, 0.5) is 0 Å². The van der Waals surface area contributed by atoms with Gasteiger partial charge in [-0.1, -0.05) is 11.6 Å². The molecule has 0 aromatic carbocycles. The molecule has 1 spiro atoms. The molecular weight excluding hydrogens is 170 g/mol. The number of alkyl halides is 1. The van der Waals surface area contributed by atoms with Crippen LogP contribution < -0.4 is 0 Å². The molecular formula is C10H19ClN+. The van der Waals surface area contributed by atoms with Gasteiger partial charge in [-0.05, 0) is 25.7 Å². The summed E-state index contributed by atoms with van der Waals surface area (Å²) in [6, 6.07) is 0. The van der Waals surface area contributed by atoms with Gasteiger partial charge in [0.05, 0.1) is 19.6 Å². The van der Waals surface area contributed by atoms with Gasteiger partial charge in [0.15, 0.2) is 5.50 Å². The Morgan fingerprint density at radius 1 is 0.833 bits per heavy atom. The van der Waals surface area contributed by atoms with E-state index in [2.05, 4.69) is 0 Å². The molecule has 1 unspecified atom stereocenters. The number of hydrogen-bond donors (Lipinski definition) is 0. The normalized spacial score (nSPS) is 35.2. The van der Waals surface area contributed by atoms with Crippen molar-refractivity contribution in [3.8, 4) is 0 Å². The lowest BCUT2D eigenvalue weighted by Crippen LogP contribution is -2.49. The summed E-state index contributed by atoms with van der Waals surface area (Å²) in [5.41, 5.74) is 0.447. The zero-order valence-electron chi connectivity index (χ0n) is 7.77. The van der Waals surface area contributed by atoms with E-state index in [1.807, 2.05) is 0 Å². The molecule has 0 bridgehead atoms. The quantitative estimate of drug-likeness (QED) is 0.312. The summed E-state index contributed by atoms with van der Waals surface area (Å²) in [7, 11) is 0. The number of rotatable bonds is 0. The maximum Gasteiger partial charge on any atom is 0.165 e. The van der Waals surface area contributed by atoms with Gasteiger partial charge in [-0.15, -0.1) is 0 Å². The van der Waals surface area contributed by atoms with Crippen molar-refractivity contribution in [2.24, 2.45) is 0 Å². The minimum Gasteiger partial charge on any atom is -0.309 e. The first-order valence-corrected chi connectivity index (χ1v) is 5.77. The third-order valence-corrected chi connectivity index (χ3v) is 4.23. The van der Waals surface area contributed by atoms with Gasteiger partial charge in [0.1, 0.15) is 0 Å². The second-order valence-corrected chi connectivity index (χ2v) is 4.88. The lowest BCUT2D eigenvalue weighted by molar-refractivity contribution is -0.926. The topological polar surface area (TPSA) is 0 Å². The molecule has 0 saturated carbocycles. The van der Waals surface area contributed by atoms with E-state index < -0.39 is 0 Å². The highest BCUT2D eigenvalue weighted by Gasteiger charge is 2.40. The van der Waals surface area contributed by atoms with E-state index >= 15 is 0 Å². The molecule has 1 atom stereocenters. The fourth-order valence-electron chi connectivity index (χ4n) is 2.81. The SMILES string of the molecule is ClC1CCC[N+]12CCCCCC2. The number of quaternary nitrogens is 1. The Morgan fingerprint density at radius 2 is 1.42 bits per heavy atom. The average Bonchev–Trinajstić information content (AvgIpc) is 2.33. The van der Waals surface area contributed by atoms with Crippen LogP contribution in [0.5, 0.6) is 0 Å². The van der Waals surface area contributed by atoms with Gasteiger partial charge in [0.25, 0.3) is 0 Å². The van der Waals surface area contributed by atoms with Crippen molar-refractivity contribution in [3.63, 3.8) is 0 Å². The lowest BCUT2D eigenvalue weighted by Gasteiger charge is -2.36. The van der Waals surface area contributed by atoms with Crippen LogP contribution in [-0.4, -0.2) is 29.6 Å². The molecule has 2 rings (SSSR count). The first kappa shape index (κ1) is 8.83. The minimum atomic E-state index is 0.447. The fourth-order valence-corrected chi connectivity index (χ4v) is 3.26. The summed E-state index contributed by atoms with van der Waals surface area (Å²) < 4.78 is 1.25. The molecule has 2 aliphatic heterocycles. The van der Waals surface area contributed by atoms with Crippen LogP contribution in [0.3, 0.4) is 0 Å². The van der Waals surface area contributed by atoms with Crippen LogP contribution in [-0.2, 0) is 0 Å². The van der Waals surface area contributed by atoms with Gasteiger partial charge in [-0.3, -0.25) is 0 Å². The molecule has 70 valence electrons. The Balaban J connectivity index is 2.05. The zero-order chi connectivity index (χ0) is 8.44. The Bertz CT molecular complexity index is 150. The molecule has 2 heterocycles. The number of nitrogens with zero attached hydrogens (tertiary/aromatic N) is 1. The van der Waals surface area contributed by atoms with Crippen molar-refractivity contribution in [1.29, 1.82) is 0 Å². The summed E-state index contributed by atoms with van der Waals surface area (Å²) in [4.78, 5) is 0. The Labute approximate surface area is 80.3 Å². The van der Waals surface area contributed by atoms with Crippen molar-refractivity contribution in [3.05, 3.63) is 0 Å². The summed E-state index contributed by atoms with van der Waals surface area (Å²) in [5.74, 6) is 0. The van der Waals surface area contributed by atoms with Crippen LogP contribution >= 0.6 is 11.6 Å². The zero-order valence-corrected chi connectivity index (χ0v) is 8.52. The van der Waals surface area contributed by atoms with E-state index in [0.717, 1.165) is 0 Å². The van der Waals surface area contributed by atoms with Crippen molar-refractivity contribution >= 4 is 11.6 Å². The van der Waals surface area contributed by atoms with E-state index in [9.17, 15) is 0 Å². The highest BCUT2D eigenvalue weighted by Crippen LogP contribution is 2.32. The lowest BCUT2D eigenvalue weighted by atomic mass is 10.2. The number of halogens is 1. The first-order chi connectivity index (χ1) is 5.83. The number of hydrogen-bond acceptors (Lipinski definition) is 0. The van der Waals surface area contributed by atoms with Gasteiger partial charge in [-0.2, -0.15) is 0 Å². The molecule has 0 aromatic rings. The van der Waals surface area contributed by atoms with E-state index in [4.69, 9.17) is 11.6 Å². The van der Waals surface area contributed by atoms with E-state index in [0.29, 0.717) is 5.50 Å². The van der Waals surface area contributed by atoms with Crippen LogP contribution in [0.15, 0.2) is 0 Å². The maximum atomic E-state index is 6.39. The highest BCUT2D eigenvalue weighted by molar-refractivity contribution is 6.19. The molecule has 2 heteroatoms. The third-order valence-electron chi connectivity index (χ3n) is 3.60. The second-order valence-electron chi connectivity index (χ2n) is 4.38. The molecule has 2 aliphatic rings. The first-order valence-electron chi connectivity index (χ1n) is 5.33. The van der Waals surface area contributed by atoms with Crippen molar-refractivity contribution < 1.29 is 4.48 Å². The predicted octanol–water partition coefficient (Wildman–Crippen LogP) is 2.74. The maximum absolute atomic E-state index is 6.39.